The topological polar surface area (TPSA) is 47.8 Å². The summed E-state index contributed by atoms with van der Waals surface area (Å²) < 4.78 is 1.68. The first-order valence-electron chi connectivity index (χ1n) is 6.55. The van der Waals surface area contributed by atoms with E-state index in [1.54, 1.807) is 35.3 Å². The van der Waals surface area contributed by atoms with Crippen molar-refractivity contribution in [2.45, 2.75) is 0 Å². The number of carbonyl (C=O) groups excluding carboxylic acids is 1. The molecule has 0 N–H and O–H groups in total. The first kappa shape index (κ1) is 13.0. The molecule has 0 amide bonds. The fourth-order valence-corrected chi connectivity index (χ4v) is 1.95. The van der Waals surface area contributed by atoms with Gasteiger partial charge in [-0.15, -0.1) is 0 Å². The smallest absolute Gasteiger partial charge is 0.185 e. The Kier molecular flexibility index (Phi) is 3.69. The molecule has 0 aliphatic rings. The first-order valence-corrected chi connectivity index (χ1v) is 6.55. The quantitative estimate of drug-likeness (QED) is 0.543. The highest BCUT2D eigenvalue weighted by molar-refractivity contribution is 6.06. The second-order valence-corrected chi connectivity index (χ2v) is 4.50. The van der Waals surface area contributed by atoms with Gasteiger partial charge in [0.1, 0.15) is 12.7 Å². The van der Waals surface area contributed by atoms with Gasteiger partial charge < -0.3 is 0 Å². The molecular formula is C17H13N3O. The number of hydrogen-bond acceptors (Lipinski definition) is 3. The van der Waals surface area contributed by atoms with Crippen LogP contribution >= 0.6 is 0 Å². The van der Waals surface area contributed by atoms with Gasteiger partial charge in [-0.05, 0) is 23.8 Å². The summed E-state index contributed by atoms with van der Waals surface area (Å²) in [6, 6.07) is 17.0. The van der Waals surface area contributed by atoms with Crippen LogP contribution in [0.2, 0.25) is 0 Å². The van der Waals surface area contributed by atoms with Crippen LogP contribution < -0.4 is 0 Å². The number of aromatic nitrogens is 3. The molecule has 0 aliphatic carbocycles. The molecule has 2 aromatic carbocycles. The summed E-state index contributed by atoms with van der Waals surface area (Å²) in [6.45, 7) is 0. The normalized spacial score (nSPS) is 10.9. The van der Waals surface area contributed by atoms with Gasteiger partial charge in [-0.1, -0.05) is 48.5 Å². The van der Waals surface area contributed by atoms with Crippen molar-refractivity contribution in [2.24, 2.45) is 0 Å². The Balaban J connectivity index is 1.73. The van der Waals surface area contributed by atoms with E-state index in [2.05, 4.69) is 10.1 Å². The molecule has 4 nitrogen and oxygen atoms in total. The van der Waals surface area contributed by atoms with E-state index in [1.165, 1.54) is 6.33 Å². The summed E-state index contributed by atoms with van der Waals surface area (Å²) >= 11 is 0. The van der Waals surface area contributed by atoms with Crippen LogP contribution in [0.1, 0.15) is 15.9 Å². The predicted octanol–water partition coefficient (Wildman–Crippen LogP) is 3.16. The number of benzene rings is 2. The van der Waals surface area contributed by atoms with Crippen LogP contribution in [0.4, 0.5) is 0 Å². The lowest BCUT2D eigenvalue weighted by Crippen LogP contribution is -1.94. The lowest BCUT2D eigenvalue weighted by molar-refractivity contribution is 0.104. The van der Waals surface area contributed by atoms with E-state index in [0.29, 0.717) is 5.56 Å². The third-order valence-electron chi connectivity index (χ3n) is 3.06. The van der Waals surface area contributed by atoms with Crippen molar-refractivity contribution in [3.05, 3.63) is 84.5 Å². The van der Waals surface area contributed by atoms with Gasteiger partial charge in [0.2, 0.25) is 0 Å². The molecule has 0 unspecified atom stereocenters. The molecule has 0 saturated heterocycles. The summed E-state index contributed by atoms with van der Waals surface area (Å²) in [4.78, 5) is 15.9. The summed E-state index contributed by atoms with van der Waals surface area (Å²) in [7, 11) is 0. The minimum atomic E-state index is -0.00375. The Labute approximate surface area is 122 Å². The minimum absolute atomic E-state index is 0.00375. The fraction of sp³-hybridized carbons (Fsp3) is 0. The summed E-state index contributed by atoms with van der Waals surface area (Å²) in [5, 5.41) is 4.06. The SMILES string of the molecule is O=C(/C=C/c1ccc(-n2cncn2)cc1)c1ccccc1. The van der Waals surface area contributed by atoms with E-state index in [9.17, 15) is 4.79 Å². The van der Waals surface area contributed by atoms with Gasteiger partial charge in [0.25, 0.3) is 0 Å². The predicted molar refractivity (Wildman–Crippen MR) is 81.2 cm³/mol. The Morgan fingerprint density at radius 2 is 1.76 bits per heavy atom. The molecule has 0 aliphatic heterocycles. The van der Waals surface area contributed by atoms with Gasteiger partial charge in [-0.25, -0.2) is 9.67 Å². The number of nitrogens with zero attached hydrogens (tertiary/aromatic N) is 3. The molecule has 0 atom stereocenters. The van der Waals surface area contributed by atoms with Crippen LogP contribution in [-0.4, -0.2) is 20.5 Å². The molecule has 102 valence electrons. The Bertz CT molecular complexity index is 744. The largest absolute Gasteiger partial charge is 0.289 e. The molecular weight excluding hydrogens is 262 g/mol. The van der Waals surface area contributed by atoms with E-state index in [1.807, 2.05) is 42.5 Å². The third kappa shape index (κ3) is 3.12. The summed E-state index contributed by atoms with van der Waals surface area (Å²) in [6.07, 6.45) is 6.52. The summed E-state index contributed by atoms with van der Waals surface area (Å²) in [5.41, 5.74) is 2.58. The molecule has 0 fully saturated rings. The van der Waals surface area contributed by atoms with Crippen molar-refractivity contribution in [3.63, 3.8) is 0 Å². The van der Waals surface area contributed by atoms with Gasteiger partial charge in [-0.2, -0.15) is 5.10 Å². The zero-order chi connectivity index (χ0) is 14.5. The monoisotopic (exact) mass is 275 g/mol. The number of allylic oxidation sites excluding steroid dienone is 1. The van der Waals surface area contributed by atoms with E-state index in [4.69, 9.17) is 0 Å². The Morgan fingerprint density at radius 3 is 2.43 bits per heavy atom. The maximum Gasteiger partial charge on any atom is 0.185 e. The third-order valence-corrected chi connectivity index (χ3v) is 3.06. The Morgan fingerprint density at radius 1 is 1.00 bits per heavy atom. The van der Waals surface area contributed by atoms with Gasteiger partial charge in [0, 0.05) is 5.56 Å². The number of hydrogen-bond donors (Lipinski definition) is 0. The van der Waals surface area contributed by atoms with Crippen LogP contribution in [0.3, 0.4) is 0 Å². The highest BCUT2D eigenvalue weighted by Crippen LogP contribution is 2.10. The highest BCUT2D eigenvalue weighted by atomic mass is 16.1. The molecule has 0 radical (unpaired) electrons. The van der Waals surface area contributed by atoms with Crippen LogP contribution in [0.5, 0.6) is 0 Å². The second kappa shape index (κ2) is 5.96. The van der Waals surface area contributed by atoms with Gasteiger partial charge in [-0.3, -0.25) is 4.79 Å². The van der Waals surface area contributed by atoms with E-state index < -0.39 is 0 Å². The molecule has 0 spiro atoms. The van der Waals surface area contributed by atoms with Gasteiger partial charge in [0.05, 0.1) is 5.69 Å². The van der Waals surface area contributed by atoms with Crippen molar-refractivity contribution in [1.82, 2.24) is 14.8 Å². The zero-order valence-electron chi connectivity index (χ0n) is 11.3. The number of carbonyl (C=O) groups is 1. The van der Waals surface area contributed by atoms with Crippen molar-refractivity contribution in [1.29, 1.82) is 0 Å². The van der Waals surface area contributed by atoms with Crippen molar-refractivity contribution < 1.29 is 4.79 Å². The number of rotatable bonds is 4. The standard InChI is InChI=1S/C17H13N3O/c21-17(15-4-2-1-3-5-15)11-8-14-6-9-16(10-7-14)20-13-18-12-19-20/h1-13H/b11-8+. The molecule has 1 heterocycles. The molecule has 0 saturated carbocycles. The average molecular weight is 275 g/mol. The Hall–Kier alpha value is -3.01. The molecule has 21 heavy (non-hydrogen) atoms. The maximum absolute atomic E-state index is 12.0. The number of ketones is 1. The minimum Gasteiger partial charge on any atom is -0.289 e. The van der Waals surface area contributed by atoms with Crippen LogP contribution in [0, 0.1) is 0 Å². The molecule has 1 aromatic heterocycles. The fourth-order valence-electron chi connectivity index (χ4n) is 1.95. The van der Waals surface area contributed by atoms with Crippen LogP contribution in [0.25, 0.3) is 11.8 Å². The zero-order valence-corrected chi connectivity index (χ0v) is 11.3. The van der Waals surface area contributed by atoms with E-state index >= 15 is 0 Å². The second-order valence-electron chi connectivity index (χ2n) is 4.50. The lowest BCUT2D eigenvalue weighted by Gasteiger charge is -2.00. The van der Waals surface area contributed by atoms with Crippen molar-refractivity contribution in [2.75, 3.05) is 0 Å². The van der Waals surface area contributed by atoms with Crippen molar-refractivity contribution >= 4 is 11.9 Å². The average Bonchev–Trinajstić information content (AvgIpc) is 3.08. The first-order chi connectivity index (χ1) is 10.3. The molecule has 0 bridgehead atoms. The van der Waals surface area contributed by atoms with Gasteiger partial charge >= 0.3 is 0 Å². The highest BCUT2D eigenvalue weighted by Gasteiger charge is 2.00. The molecule has 4 heteroatoms. The van der Waals surface area contributed by atoms with Crippen molar-refractivity contribution in [3.8, 4) is 5.69 Å². The van der Waals surface area contributed by atoms with E-state index in [0.717, 1.165) is 11.3 Å². The van der Waals surface area contributed by atoms with Crippen LogP contribution in [-0.2, 0) is 0 Å². The van der Waals surface area contributed by atoms with E-state index in [-0.39, 0.29) is 5.78 Å². The maximum atomic E-state index is 12.0. The lowest BCUT2D eigenvalue weighted by atomic mass is 10.1. The molecule has 3 rings (SSSR count). The van der Waals surface area contributed by atoms with Gasteiger partial charge in [0.15, 0.2) is 5.78 Å². The molecule has 3 aromatic rings. The van der Waals surface area contributed by atoms with Crippen LogP contribution in [0.15, 0.2) is 73.3 Å². The summed E-state index contributed by atoms with van der Waals surface area (Å²) in [5.74, 6) is -0.00375.